The van der Waals surface area contributed by atoms with Crippen LogP contribution in [0, 0.1) is 24.2 Å². The van der Waals surface area contributed by atoms with Crippen molar-refractivity contribution in [3.63, 3.8) is 0 Å². The molecule has 6 rings (SSSR count). The van der Waals surface area contributed by atoms with E-state index in [4.69, 9.17) is 4.98 Å². The molecule has 8 nitrogen and oxygen atoms in total. The van der Waals surface area contributed by atoms with Crippen molar-refractivity contribution in [1.29, 1.82) is 5.26 Å². The van der Waals surface area contributed by atoms with E-state index in [-0.39, 0.29) is 24.4 Å². The van der Waals surface area contributed by atoms with Gasteiger partial charge in [0.1, 0.15) is 11.9 Å². The van der Waals surface area contributed by atoms with Crippen LogP contribution in [0.15, 0.2) is 24.9 Å². The van der Waals surface area contributed by atoms with E-state index in [1.165, 1.54) is 0 Å². The number of anilines is 1. The number of piperazine rings is 1. The SMILES string of the molecule is C=Cc1cc(-c2c(C3CC3)nc(N3CCN(C(=O)CN4CCC4=O)C(C4CC4)C3)c(C#N)c2C)ccn1. The number of β-lactam (4-membered cyclic amide) rings is 1. The van der Waals surface area contributed by atoms with Gasteiger partial charge in [-0.3, -0.25) is 14.6 Å². The zero-order valence-corrected chi connectivity index (χ0v) is 21.3. The van der Waals surface area contributed by atoms with E-state index in [1.807, 2.05) is 24.0 Å². The summed E-state index contributed by atoms with van der Waals surface area (Å²) in [6, 6.07) is 6.55. The lowest BCUT2D eigenvalue weighted by Gasteiger charge is -2.44. The predicted molar refractivity (Wildman–Crippen MR) is 141 cm³/mol. The van der Waals surface area contributed by atoms with Crippen molar-refractivity contribution in [1.82, 2.24) is 19.8 Å². The molecule has 2 amide bonds. The van der Waals surface area contributed by atoms with Crippen LogP contribution in [0.4, 0.5) is 5.82 Å². The maximum atomic E-state index is 13.1. The minimum Gasteiger partial charge on any atom is -0.352 e. The number of pyridine rings is 2. The van der Waals surface area contributed by atoms with E-state index >= 15 is 0 Å². The first kappa shape index (κ1) is 23.7. The highest BCUT2D eigenvalue weighted by Crippen LogP contribution is 2.47. The second-order valence-electron chi connectivity index (χ2n) is 10.8. The smallest absolute Gasteiger partial charge is 0.242 e. The molecule has 2 aliphatic heterocycles. The van der Waals surface area contributed by atoms with E-state index in [9.17, 15) is 14.9 Å². The minimum atomic E-state index is 0.0407. The van der Waals surface area contributed by atoms with Crippen LogP contribution in [0.25, 0.3) is 17.2 Å². The molecule has 2 aromatic rings. The molecule has 1 atom stereocenters. The molecule has 2 aromatic heterocycles. The number of likely N-dealkylation sites (tertiary alicyclic amines) is 1. The van der Waals surface area contributed by atoms with Crippen LogP contribution in [0.3, 0.4) is 0 Å². The van der Waals surface area contributed by atoms with Gasteiger partial charge in [-0.1, -0.05) is 6.58 Å². The Bertz CT molecular complexity index is 1320. The summed E-state index contributed by atoms with van der Waals surface area (Å²) in [7, 11) is 0. The molecule has 4 fully saturated rings. The summed E-state index contributed by atoms with van der Waals surface area (Å²) in [4.78, 5) is 40.3. The Hall–Kier alpha value is -3.73. The molecule has 8 heteroatoms. The molecule has 0 aromatic carbocycles. The lowest BCUT2D eigenvalue weighted by Crippen LogP contribution is -2.59. The minimum absolute atomic E-state index is 0.0407. The van der Waals surface area contributed by atoms with Crippen LogP contribution in [-0.2, 0) is 9.59 Å². The van der Waals surface area contributed by atoms with Gasteiger partial charge in [-0.2, -0.15) is 5.26 Å². The molecule has 0 radical (unpaired) electrons. The van der Waals surface area contributed by atoms with Gasteiger partial charge in [0.15, 0.2) is 0 Å². The molecule has 0 spiro atoms. The number of nitriles is 1. The summed E-state index contributed by atoms with van der Waals surface area (Å²) in [6.07, 6.45) is 8.50. The molecule has 2 saturated heterocycles. The molecular weight excluding hydrogens is 464 g/mol. The molecule has 2 saturated carbocycles. The molecule has 2 aliphatic carbocycles. The third-order valence-corrected chi connectivity index (χ3v) is 8.29. The van der Waals surface area contributed by atoms with Crippen molar-refractivity contribution >= 4 is 23.7 Å². The van der Waals surface area contributed by atoms with Crippen LogP contribution >= 0.6 is 0 Å². The highest BCUT2D eigenvalue weighted by atomic mass is 16.2. The number of carbonyl (C=O) groups is 2. The standard InChI is InChI=1S/C29H32N6O2/c1-3-22-14-21(8-10-31-22)27-18(2)23(15-30)29(32-28(27)20-6-7-20)34-12-13-35(24(16-34)19-4-5-19)26(37)17-33-11-9-25(33)36/h3,8,10,14,19-20,24H,1,4-7,9,11-13,16-17H2,2H3. The Kier molecular flexibility index (Phi) is 5.94. The fourth-order valence-corrected chi connectivity index (χ4v) is 5.78. The number of carbonyl (C=O) groups excluding carboxylic acids is 2. The Labute approximate surface area is 217 Å². The number of amides is 2. The monoisotopic (exact) mass is 496 g/mol. The summed E-state index contributed by atoms with van der Waals surface area (Å²) in [6.45, 7) is 8.63. The number of aromatic nitrogens is 2. The molecular formula is C29H32N6O2. The first-order valence-corrected chi connectivity index (χ1v) is 13.3. The molecule has 0 bridgehead atoms. The Morgan fingerprint density at radius 3 is 2.68 bits per heavy atom. The van der Waals surface area contributed by atoms with Gasteiger partial charge >= 0.3 is 0 Å². The van der Waals surface area contributed by atoms with Crippen molar-refractivity contribution in [3.05, 3.63) is 47.4 Å². The van der Waals surface area contributed by atoms with Crippen LogP contribution in [-0.4, -0.2) is 70.3 Å². The number of hydrogen-bond donors (Lipinski definition) is 0. The van der Waals surface area contributed by atoms with E-state index in [1.54, 1.807) is 17.2 Å². The normalized spacial score (nSPS) is 21.5. The van der Waals surface area contributed by atoms with Gasteiger partial charge in [0.25, 0.3) is 0 Å². The Morgan fingerprint density at radius 1 is 1.24 bits per heavy atom. The van der Waals surface area contributed by atoms with Crippen LogP contribution in [0.5, 0.6) is 0 Å². The van der Waals surface area contributed by atoms with Crippen LogP contribution < -0.4 is 4.90 Å². The maximum Gasteiger partial charge on any atom is 0.242 e. The lowest BCUT2D eigenvalue weighted by atomic mass is 9.93. The highest BCUT2D eigenvalue weighted by molar-refractivity contribution is 5.88. The topological polar surface area (TPSA) is 93.4 Å². The number of nitrogens with zero attached hydrogens (tertiary/aromatic N) is 6. The number of rotatable bonds is 7. The summed E-state index contributed by atoms with van der Waals surface area (Å²) in [5, 5.41) is 10.3. The fraction of sp³-hybridized carbons (Fsp3) is 0.483. The first-order valence-electron chi connectivity index (χ1n) is 13.3. The summed E-state index contributed by atoms with van der Waals surface area (Å²) >= 11 is 0. The van der Waals surface area contributed by atoms with Crippen LogP contribution in [0.2, 0.25) is 0 Å². The quantitative estimate of drug-likeness (QED) is 0.545. The fourth-order valence-electron chi connectivity index (χ4n) is 5.78. The van der Waals surface area contributed by atoms with E-state index in [0.717, 1.165) is 59.6 Å². The summed E-state index contributed by atoms with van der Waals surface area (Å²) in [5.41, 5.74) is 5.48. The lowest BCUT2D eigenvalue weighted by molar-refractivity contribution is -0.148. The third-order valence-electron chi connectivity index (χ3n) is 8.29. The highest BCUT2D eigenvalue weighted by Gasteiger charge is 2.43. The van der Waals surface area contributed by atoms with Crippen LogP contribution in [0.1, 0.15) is 60.5 Å². The van der Waals surface area contributed by atoms with Gasteiger partial charge in [0.2, 0.25) is 11.8 Å². The summed E-state index contributed by atoms with van der Waals surface area (Å²) in [5.74, 6) is 1.73. The second-order valence-corrected chi connectivity index (χ2v) is 10.8. The molecule has 190 valence electrons. The van der Waals surface area contributed by atoms with Crippen molar-refractivity contribution in [2.45, 2.75) is 51.0 Å². The first-order chi connectivity index (χ1) is 18.0. The largest absolute Gasteiger partial charge is 0.352 e. The zero-order valence-electron chi connectivity index (χ0n) is 21.3. The molecule has 4 aliphatic rings. The summed E-state index contributed by atoms with van der Waals surface area (Å²) < 4.78 is 0. The molecule has 4 heterocycles. The van der Waals surface area contributed by atoms with Gasteiger partial charge in [-0.05, 0) is 67.9 Å². The maximum absolute atomic E-state index is 13.1. The van der Waals surface area contributed by atoms with E-state index in [2.05, 4.69) is 22.5 Å². The molecule has 1 unspecified atom stereocenters. The van der Waals surface area contributed by atoms with E-state index < -0.39 is 0 Å². The Balaban J connectivity index is 1.33. The van der Waals surface area contributed by atoms with Gasteiger partial charge in [0, 0.05) is 50.3 Å². The average Bonchev–Trinajstić information content (AvgIpc) is 3.83. The van der Waals surface area contributed by atoms with Crippen molar-refractivity contribution in [2.24, 2.45) is 5.92 Å². The second kappa shape index (κ2) is 9.29. The third kappa shape index (κ3) is 4.37. The van der Waals surface area contributed by atoms with Crippen molar-refractivity contribution in [2.75, 3.05) is 37.6 Å². The van der Waals surface area contributed by atoms with Crippen molar-refractivity contribution < 1.29 is 9.59 Å². The molecule has 37 heavy (non-hydrogen) atoms. The van der Waals surface area contributed by atoms with Gasteiger partial charge in [-0.15, -0.1) is 0 Å². The van der Waals surface area contributed by atoms with Gasteiger partial charge in [-0.25, -0.2) is 4.98 Å². The molecule has 0 N–H and O–H groups in total. The Morgan fingerprint density at radius 2 is 2.05 bits per heavy atom. The average molecular weight is 497 g/mol. The van der Waals surface area contributed by atoms with E-state index in [0.29, 0.717) is 50.0 Å². The number of hydrogen-bond acceptors (Lipinski definition) is 6. The van der Waals surface area contributed by atoms with Gasteiger partial charge < -0.3 is 14.7 Å². The predicted octanol–water partition coefficient (Wildman–Crippen LogP) is 3.50. The zero-order chi connectivity index (χ0) is 25.7. The van der Waals surface area contributed by atoms with Crippen molar-refractivity contribution in [3.8, 4) is 17.2 Å². The van der Waals surface area contributed by atoms with Gasteiger partial charge in [0.05, 0.1) is 29.5 Å².